The maximum absolute atomic E-state index is 13.0. The van der Waals surface area contributed by atoms with E-state index in [1.54, 1.807) is 22.2 Å². The summed E-state index contributed by atoms with van der Waals surface area (Å²) in [7, 11) is 0. The molecule has 3 heterocycles. The topological polar surface area (TPSA) is 95.9 Å². The van der Waals surface area contributed by atoms with Crippen LogP contribution in [0.15, 0.2) is 85.2 Å². The molecule has 2 aliphatic rings. The molecule has 0 atom stereocenters. The molecule has 1 aliphatic carbocycles. The van der Waals surface area contributed by atoms with Gasteiger partial charge in [0.05, 0.1) is 17.8 Å². The number of nitrogens with zero attached hydrogens (tertiary/aromatic N) is 4. The van der Waals surface area contributed by atoms with Crippen LogP contribution in [0.25, 0.3) is 22.4 Å². The Morgan fingerprint density at radius 1 is 1.00 bits per heavy atom. The van der Waals surface area contributed by atoms with Crippen molar-refractivity contribution in [2.45, 2.75) is 57.7 Å². The number of amides is 2. The number of carbonyl (C=O) groups is 2. The predicted molar refractivity (Wildman–Crippen MR) is 161 cm³/mol. The van der Waals surface area contributed by atoms with Crippen molar-refractivity contribution in [1.82, 2.24) is 14.9 Å². The van der Waals surface area contributed by atoms with Gasteiger partial charge in [-0.05, 0) is 74.9 Å². The molecule has 6 rings (SSSR count). The zero-order valence-electron chi connectivity index (χ0n) is 24.1. The van der Waals surface area contributed by atoms with Crippen LogP contribution in [-0.2, 0) is 16.9 Å². The number of aromatic nitrogens is 2. The van der Waals surface area contributed by atoms with Gasteiger partial charge in [0, 0.05) is 29.1 Å². The first-order valence-electron chi connectivity index (χ1n) is 14.2. The summed E-state index contributed by atoms with van der Waals surface area (Å²) in [5.74, 6) is 0.271. The SMILES string of the molecule is CC(C)(C)N(C(=O)O)C1(c2ccc(-c3nc4c(cc3-c3ccccc3)N(Cc3ccncc3)C(=O)CO4)cc2)CCC1. The Bertz CT molecular complexity index is 1610. The molecule has 1 aliphatic heterocycles. The fourth-order valence-electron chi connectivity index (χ4n) is 6.23. The molecule has 0 saturated heterocycles. The number of rotatable bonds is 6. The molecule has 0 bridgehead atoms. The number of carbonyl (C=O) groups excluding carboxylic acids is 1. The fraction of sp³-hybridized carbons (Fsp3) is 0.294. The molecular weight excluding hydrogens is 528 g/mol. The van der Waals surface area contributed by atoms with Crippen molar-refractivity contribution >= 4 is 17.7 Å². The standard InChI is InChI=1S/C34H34N4O4/c1-33(2,3)38(32(40)41)34(16-7-17-34)26-12-10-25(11-13-26)30-27(24-8-5-4-6-9-24)20-28-31(36-30)42-22-29(39)37(28)21-23-14-18-35-19-15-23/h4-6,8-15,18-20H,7,16-17,21-22H2,1-3H3,(H,40,41). The molecule has 2 aromatic heterocycles. The minimum Gasteiger partial charge on any atom is -0.466 e. The van der Waals surface area contributed by atoms with Gasteiger partial charge in [-0.2, -0.15) is 0 Å². The lowest BCUT2D eigenvalue weighted by atomic mass is 9.69. The number of fused-ring (bicyclic) bond motifs is 1. The summed E-state index contributed by atoms with van der Waals surface area (Å²) in [5, 5.41) is 10.2. The van der Waals surface area contributed by atoms with Crippen molar-refractivity contribution in [2.75, 3.05) is 11.5 Å². The van der Waals surface area contributed by atoms with Gasteiger partial charge >= 0.3 is 6.09 Å². The molecule has 2 aromatic carbocycles. The van der Waals surface area contributed by atoms with Crippen molar-refractivity contribution in [2.24, 2.45) is 0 Å². The van der Waals surface area contributed by atoms with Crippen molar-refractivity contribution in [3.63, 3.8) is 0 Å². The second-order valence-electron chi connectivity index (χ2n) is 12.0. The van der Waals surface area contributed by atoms with Crippen LogP contribution in [0.1, 0.15) is 51.2 Å². The average Bonchev–Trinajstić information content (AvgIpc) is 2.96. The van der Waals surface area contributed by atoms with E-state index < -0.39 is 17.2 Å². The van der Waals surface area contributed by atoms with E-state index in [1.807, 2.05) is 93.6 Å². The summed E-state index contributed by atoms with van der Waals surface area (Å²) >= 11 is 0. The van der Waals surface area contributed by atoms with Gasteiger partial charge in [-0.15, -0.1) is 0 Å². The maximum atomic E-state index is 13.0. The average molecular weight is 563 g/mol. The first-order valence-corrected chi connectivity index (χ1v) is 14.2. The largest absolute Gasteiger partial charge is 0.466 e. The van der Waals surface area contributed by atoms with Gasteiger partial charge in [-0.3, -0.25) is 14.7 Å². The van der Waals surface area contributed by atoms with Gasteiger partial charge in [0.25, 0.3) is 5.91 Å². The Kier molecular flexibility index (Phi) is 6.93. The van der Waals surface area contributed by atoms with E-state index in [0.717, 1.165) is 52.8 Å². The van der Waals surface area contributed by atoms with E-state index in [0.29, 0.717) is 18.1 Å². The molecular formula is C34H34N4O4. The lowest BCUT2D eigenvalue weighted by Crippen LogP contribution is -2.60. The van der Waals surface area contributed by atoms with E-state index >= 15 is 0 Å². The third kappa shape index (κ3) is 4.87. The summed E-state index contributed by atoms with van der Waals surface area (Å²) in [5.41, 5.74) is 4.94. The van der Waals surface area contributed by atoms with Crippen LogP contribution in [-0.4, -0.2) is 44.1 Å². The molecule has 4 aromatic rings. The Balaban J connectivity index is 1.43. The molecule has 8 heteroatoms. The summed E-state index contributed by atoms with van der Waals surface area (Å²) in [6, 6.07) is 23.8. The number of hydrogen-bond acceptors (Lipinski definition) is 5. The van der Waals surface area contributed by atoms with Crippen molar-refractivity contribution < 1.29 is 19.4 Å². The molecule has 214 valence electrons. The molecule has 0 radical (unpaired) electrons. The Labute approximate surface area is 245 Å². The van der Waals surface area contributed by atoms with Gasteiger partial charge in [0.2, 0.25) is 5.88 Å². The quantitative estimate of drug-likeness (QED) is 0.275. The number of carboxylic acid groups (broad SMARTS) is 1. The number of ether oxygens (including phenoxy) is 1. The zero-order valence-corrected chi connectivity index (χ0v) is 24.1. The Morgan fingerprint density at radius 2 is 1.69 bits per heavy atom. The van der Waals surface area contributed by atoms with Gasteiger partial charge in [0.1, 0.15) is 5.69 Å². The molecule has 8 nitrogen and oxygen atoms in total. The highest BCUT2D eigenvalue weighted by Crippen LogP contribution is 2.50. The normalized spacial score (nSPS) is 15.8. The smallest absolute Gasteiger partial charge is 0.408 e. The van der Waals surface area contributed by atoms with Crippen LogP contribution in [0, 0.1) is 0 Å². The van der Waals surface area contributed by atoms with Crippen molar-refractivity contribution in [3.8, 4) is 28.3 Å². The van der Waals surface area contributed by atoms with Crippen LogP contribution in [0.3, 0.4) is 0 Å². The van der Waals surface area contributed by atoms with E-state index in [2.05, 4.69) is 4.98 Å². The van der Waals surface area contributed by atoms with Crippen LogP contribution >= 0.6 is 0 Å². The zero-order chi connectivity index (χ0) is 29.5. The molecule has 2 amide bonds. The monoisotopic (exact) mass is 562 g/mol. The van der Waals surface area contributed by atoms with E-state index in [-0.39, 0.29) is 12.5 Å². The lowest BCUT2D eigenvalue weighted by molar-refractivity contribution is -0.121. The Hall–Kier alpha value is -4.72. The maximum Gasteiger partial charge on any atom is 0.408 e. The molecule has 0 unspecified atom stereocenters. The van der Waals surface area contributed by atoms with Gasteiger partial charge in [0.15, 0.2) is 6.61 Å². The summed E-state index contributed by atoms with van der Waals surface area (Å²) in [4.78, 5) is 37.8. The first-order chi connectivity index (χ1) is 20.2. The number of anilines is 1. The van der Waals surface area contributed by atoms with Crippen LogP contribution in [0.4, 0.5) is 10.5 Å². The number of pyridine rings is 2. The van der Waals surface area contributed by atoms with E-state index in [1.165, 1.54) is 0 Å². The van der Waals surface area contributed by atoms with Crippen molar-refractivity contribution in [3.05, 3.63) is 96.3 Å². The van der Waals surface area contributed by atoms with Crippen molar-refractivity contribution in [1.29, 1.82) is 0 Å². The van der Waals surface area contributed by atoms with Crippen LogP contribution in [0.2, 0.25) is 0 Å². The third-order valence-corrected chi connectivity index (χ3v) is 8.23. The van der Waals surface area contributed by atoms with Crippen LogP contribution < -0.4 is 9.64 Å². The lowest BCUT2D eigenvalue weighted by Gasteiger charge is -2.54. The van der Waals surface area contributed by atoms with Crippen LogP contribution in [0.5, 0.6) is 5.88 Å². The fourth-order valence-corrected chi connectivity index (χ4v) is 6.23. The first kappa shape index (κ1) is 27.4. The molecule has 1 N–H and O–H groups in total. The molecule has 0 spiro atoms. The number of benzene rings is 2. The Morgan fingerprint density at radius 3 is 2.29 bits per heavy atom. The molecule has 1 fully saturated rings. The second kappa shape index (κ2) is 10.6. The predicted octanol–water partition coefficient (Wildman–Crippen LogP) is 6.89. The summed E-state index contributed by atoms with van der Waals surface area (Å²) < 4.78 is 5.87. The minimum absolute atomic E-state index is 0.0888. The molecule has 42 heavy (non-hydrogen) atoms. The van der Waals surface area contributed by atoms with Gasteiger partial charge < -0.3 is 14.7 Å². The third-order valence-electron chi connectivity index (χ3n) is 8.23. The highest BCUT2D eigenvalue weighted by Gasteiger charge is 2.50. The highest BCUT2D eigenvalue weighted by atomic mass is 16.5. The number of hydrogen-bond donors (Lipinski definition) is 1. The summed E-state index contributed by atoms with van der Waals surface area (Å²) in [6.07, 6.45) is 5.09. The van der Waals surface area contributed by atoms with Gasteiger partial charge in [-0.25, -0.2) is 9.78 Å². The van der Waals surface area contributed by atoms with E-state index in [9.17, 15) is 14.7 Å². The second-order valence-corrected chi connectivity index (χ2v) is 12.0. The van der Waals surface area contributed by atoms with E-state index in [4.69, 9.17) is 9.72 Å². The minimum atomic E-state index is -0.906. The molecule has 1 saturated carbocycles. The highest BCUT2D eigenvalue weighted by molar-refractivity contribution is 5.99. The van der Waals surface area contributed by atoms with Gasteiger partial charge in [-0.1, -0.05) is 54.6 Å². The summed E-state index contributed by atoms with van der Waals surface area (Å²) in [6.45, 7) is 6.14.